The summed E-state index contributed by atoms with van der Waals surface area (Å²) in [6, 6.07) is 0.663. The van der Waals surface area contributed by atoms with E-state index >= 15 is 0 Å². The second-order valence-electron chi connectivity index (χ2n) is 6.58. The molecule has 2 heteroatoms. The van der Waals surface area contributed by atoms with Crippen molar-refractivity contribution in [3.8, 4) is 0 Å². The zero-order valence-electron chi connectivity index (χ0n) is 12.1. The maximum absolute atomic E-state index is 10.7. The van der Waals surface area contributed by atoms with Crippen molar-refractivity contribution in [1.29, 1.82) is 0 Å². The van der Waals surface area contributed by atoms with Crippen LogP contribution in [0.25, 0.3) is 0 Å². The van der Waals surface area contributed by atoms with Crippen molar-refractivity contribution in [2.24, 2.45) is 5.92 Å². The van der Waals surface area contributed by atoms with Gasteiger partial charge in [0.25, 0.3) is 0 Å². The van der Waals surface area contributed by atoms with Crippen molar-refractivity contribution in [3.05, 3.63) is 0 Å². The van der Waals surface area contributed by atoms with E-state index < -0.39 is 5.60 Å². The predicted molar refractivity (Wildman–Crippen MR) is 76.7 cm³/mol. The summed E-state index contributed by atoms with van der Waals surface area (Å²) in [5.74, 6) is 0.841. The fraction of sp³-hybridized carbons (Fsp3) is 1.00. The monoisotopic (exact) mass is 253 g/mol. The maximum Gasteiger partial charge on any atom is 0.0771 e. The highest BCUT2D eigenvalue weighted by molar-refractivity contribution is 4.87. The van der Waals surface area contributed by atoms with E-state index in [2.05, 4.69) is 12.2 Å². The minimum Gasteiger partial charge on any atom is -0.389 e. The molecule has 2 unspecified atom stereocenters. The third-order valence-corrected chi connectivity index (χ3v) is 5.16. The Morgan fingerprint density at radius 3 is 2.33 bits per heavy atom. The second kappa shape index (κ2) is 6.91. The molecule has 2 N–H and O–H groups in total. The fourth-order valence-electron chi connectivity index (χ4n) is 3.85. The molecule has 0 aromatic rings. The molecular formula is C16H31NO. The molecule has 0 heterocycles. The summed E-state index contributed by atoms with van der Waals surface area (Å²) in [7, 11) is 0. The Hall–Kier alpha value is -0.0800. The van der Waals surface area contributed by atoms with Crippen molar-refractivity contribution < 1.29 is 5.11 Å². The molecule has 18 heavy (non-hydrogen) atoms. The van der Waals surface area contributed by atoms with Crippen LogP contribution in [0.15, 0.2) is 0 Å². The van der Waals surface area contributed by atoms with Gasteiger partial charge in [0.1, 0.15) is 0 Å². The summed E-state index contributed by atoms with van der Waals surface area (Å²) in [6.07, 6.45) is 13.8. The third-order valence-electron chi connectivity index (χ3n) is 5.16. The summed E-state index contributed by atoms with van der Waals surface area (Å²) >= 11 is 0. The Kier molecular flexibility index (Phi) is 5.50. The third kappa shape index (κ3) is 3.96. The van der Waals surface area contributed by atoms with Crippen LogP contribution in [0.1, 0.15) is 77.6 Å². The van der Waals surface area contributed by atoms with Crippen LogP contribution in [0, 0.1) is 5.92 Å². The van der Waals surface area contributed by atoms with E-state index in [1.54, 1.807) is 0 Å². The highest BCUT2D eigenvalue weighted by Gasteiger charge is 2.30. The van der Waals surface area contributed by atoms with Crippen LogP contribution in [-0.2, 0) is 0 Å². The first-order valence-corrected chi connectivity index (χ1v) is 8.19. The van der Waals surface area contributed by atoms with Gasteiger partial charge in [0, 0.05) is 12.6 Å². The first-order chi connectivity index (χ1) is 8.73. The SMILES string of the molecule is CCC1CCCCC1NCC1(O)CCCCCC1. The minimum atomic E-state index is -0.410. The van der Waals surface area contributed by atoms with Gasteiger partial charge in [-0.05, 0) is 31.6 Å². The van der Waals surface area contributed by atoms with E-state index in [-0.39, 0.29) is 0 Å². The van der Waals surface area contributed by atoms with Crippen LogP contribution in [-0.4, -0.2) is 23.3 Å². The van der Waals surface area contributed by atoms with Gasteiger partial charge in [0.2, 0.25) is 0 Å². The van der Waals surface area contributed by atoms with Gasteiger partial charge < -0.3 is 10.4 Å². The number of nitrogens with one attached hydrogen (secondary N) is 1. The van der Waals surface area contributed by atoms with E-state index in [0.29, 0.717) is 6.04 Å². The molecule has 2 fully saturated rings. The van der Waals surface area contributed by atoms with Crippen molar-refractivity contribution >= 4 is 0 Å². The van der Waals surface area contributed by atoms with Gasteiger partial charge >= 0.3 is 0 Å². The molecule has 0 spiro atoms. The molecule has 0 aliphatic heterocycles. The van der Waals surface area contributed by atoms with E-state index in [1.165, 1.54) is 57.8 Å². The van der Waals surface area contributed by atoms with Gasteiger partial charge in [-0.2, -0.15) is 0 Å². The molecule has 0 aromatic heterocycles. The molecule has 0 amide bonds. The summed E-state index contributed by atoms with van der Waals surface area (Å²) < 4.78 is 0. The lowest BCUT2D eigenvalue weighted by Crippen LogP contribution is -2.47. The number of rotatable bonds is 4. The normalized spacial score (nSPS) is 33.0. The average Bonchev–Trinajstić information content (AvgIpc) is 2.62. The highest BCUT2D eigenvalue weighted by atomic mass is 16.3. The van der Waals surface area contributed by atoms with Gasteiger partial charge in [-0.15, -0.1) is 0 Å². The summed E-state index contributed by atoms with van der Waals surface area (Å²) in [4.78, 5) is 0. The maximum atomic E-state index is 10.7. The fourth-order valence-corrected chi connectivity index (χ4v) is 3.85. The molecular weight excluding hydrogens is 222 g/mol. The molecule has 2 saturated carbocycles. The van der Waals surface area contributed by atoms with Gasteiger partial charge in [0.15, 0.2) is 0 Å². The lowest BCUT2D eigenvalue weighted by molar-refractivity contribution is 0.0190. The van der Waals surface area contributed by atoms with Crippen molar-refractivity contribution in [1.82, 2.24) is 5.32 Å². The standard InChI is InChI=1S/C16H31NO/c1-2-14-9-5-6-10-15(14)17-13-16(18)11-7-3-4-8-12-16/h14-15,17-18H,2-13H2,1H3. The van der Waals surface area contributed by atoms with E-state index in [0.717, 1.165) is 25.3 Å². The molecule has 2 nitrogen and oxygen atoms in total. The van der Waals surface area contributed by atoms with Crippen LogP contribution < -0.4 is 5.32 Å². The summed E-state index contributed by atoms with van der Waals surface area (Å²) in [5.41, 5.74) is -0.410. The van der Waals surface area contributed by atoms with Gasteiger partial charge in [-0.25, -0.2) is 0 Å². The zero-order chi connectivity index (χ0) is 12.8. The summed E-state index contributed by atoms with van der Waals surface area (Å²) in [6.45, 7) is 3.14. The Balaban J connectivity index is 1.81. The molecule has 2 aliphatic carbocycles. The molecule has 0 bridgehead atoms. The van der Waals surface area contributed by atoms with Crippen molar-refractivity contribution in [2.75, 3.05) is 6.54 Å². The van der Waals surface area contributed by atoms with Crippen LogP contribution in [0.3, 0.4) is 0 Å². The molecule has 2 atom stereocenters. The first-order valence-electron chi connectivity index (χ1n) is 8.19. The van der Waals surface area contributed by atoms with Gasteiger partial charge in [-0.1, -0.05) is 51.9 Å². The molecule has 2 aliphatic rings. The number of aliphatic hydroxyl groups is 1. The first kappa shape index (κ1) is 14.3. The van der Waals surface area contributed by atoms with E-state index in [4.69, 9.17) is 0 Å². The average molecular weight is 253 g/mol. The Labute approximate surface area is 113 Å². The molecule has 106 valence electrons. The topological polar surface area (TPSA) is 32.3 Å². The Bertz CT molecular complexity index is 233. The quantitative estimate of drug-likeness (QED) is 0.750. The number of hydrogen-bond acceptors (Lipinski definition) is 2. The predicted octanol–water partition coefficient (Wildman–Crippen LogP) is 3.63. The lowest BCUT2D eigenvalue weighted by atomic mass is 9.82. The molecule has 0 aromatic carbocycles. The zero-order valence-corrected chi connectivity index (χ0v) is 12.1. The highest BCUT2D eigenvalue weighted by Crippen LogP contribution is 2.29. The number of hydrogen-bond donors (Lipinski definition) is 2. The van der Waals surface area contributed by atoms with Crippen LogP contribution in [0.5, 0.6) is 0 Å². The Morgan fingerprint density at radius 2 is 1.67 bits per heavy atom. The molecule has 0 saturated heterocycles. The molecule has 0 radical (unpaired) electrons. The second-order valence-corrected chi connectivity index (χ2v) is 6.58. The van der Waals surface area contributed by atoms with Gasteiger partial charge in [-0.3, -0.25) is 0 Å². The van der Waals surface area contributed by atoms with E-state index in [9.17, 15) is 5.11 Å². The van der Waals surface area contributed by atoms with Crippen LogP contribution >= 0.6 is 0 Å². The van der Waals surface area contributed by atoms with Crippen molar-refractivity contribution in [3.63, 3.8) is 0 Å². The van der Waals surface area contributed by atoms with Gasteiger partial charge in [0.05, 0.1) is 5.60 Å². The largest absolute Gasteiger partial charge is 0.389 e. The van der Waals surface area contributed by atoms with E-state index in [1.807, 2.05) is 0 Å². The van der Waals surface area contributed by atoms with Crippen LogP contribution in [0.2, 0.25) is 0 Å². The Morgan fingerprint density at radius 1 is 1.00 bits per heavy atom. The molecule has 2 rings (SSSR count). The smallest absolute Gasteiger partial charge is 0.0771 e. The van der Waals surface area contributed by atoms with Crippen molar-refractivity contribution in [2.45, 2.75) is 89.2 Å². The van der Waals surface area contributed by atoms with Crippen LogP contribution in [0.4, 0.5) is 0 Å². The summed E-state index contributed by atoms with van der Waals surface area (Å²) in [5, 5.41) is 14.4. The lowest BCUT2D eigenvalue weighted by Gasteiger charge is -2.35. The minimum absolute atomic E-state index is 0.410.